The first-order valence-corrected chi connectivity index (χ1v) is 13.5. The normalized spacial score (nSPS) is 18.4. The predicted octanol–water partition coefficient (Wildman–Crippen LogP) is 4.94. The third-order valence-electron chi connectivity index (χ3n) is 8.24. The number of carboxylic acids is 2. The topological polar surface area (TPSA) is 145 Å². The Morgan fingerprint density at radius 2 is 1.85 bits per heavy atom. The summed E-state index contributed by atoms with van der Waals surface area (Å²) in [6.07, 6.45) is 5.09. The molecule has 1 saturated carbocycles. The van der Waals surface area contributed by atoms with Gasteiger partial charge in [0.1, 0.15) is 23.5 Å². The quantitative estimate of drug-likeness (QED) is 0.339. The number of nitrogens with zero attached hydrogens (tertiary/aromatic N) is 2. The highest BCUT2D eigenvalue weighted by Gasteiger charge is 2.44. The number of allylic oxidation sites excluding steroid dienone is 2. The van der Waals surface area contributed by atoms with Gasteiger partial charge in [-0.1, -0.05) is 30.4 Å². The van der Waals surface area contributed by atoms with Gasteiger partial charge in [-0.05, 0) is 85.6 Å². The fourth-order valence-corrected chi connectivity index (χ4v) is 5.85. The molecule has 4 N–H and O–H groups in total. The third-order valence-corrected chi connectivity index (χ3v) is 8.24. The lowest BCUT2D eigenvalue weighted by atomic mass is 9.69. The van der Waals surface area contributed by atoms with E-state index < -0.39 is 23.3 Å². The molecule has 9 nitrogen and oxygen atoms in total. The molecule has 1 aromatic heterocycles. The maximum atomic E-state index is 12.9. The number of nitrogens with two attached hydrogens (primary N) is 1. The molecule has 0 spiro atoms. The van der Waals surface area contributed by atoms with Crippen LogP contribution < -0.4 is 10.5 Å². The molecule has 5 rings (SSSR count). The molecule has 0 radical (unpaired) electrons. The monoisotopic (exact) mass is 555 g/mol. The fraction of sp³-hybridized carbons (Fsp3) is 0.312. The van der Waals surface area contributed by atoms with Crippen molar-refractivity contribution in [2.45, 2.75) is 58.0 Å². The van der Waals surface area contributed by atoms with Crippen molar-refractivity contribution in [3.63, 3.8) is 0 Å². The highest BCUT2D eigenvalue weighted by Crippen LogP contribution is 2.47. The second-order valence-electron chi connectivity index (χ2n) is 11.0. The molecule has 0 aliphatic heterocycles. The van der Waals surface area contributed by atoms with Crippen LogP contribution in [0.15, 0.2) is 59.7 Å². The Morgan fingerprint density at radius 3 is 2.44 bits per heavy atom. The van der Waals surface area contributed by atoms with Gasteiger partial charge in [0.2, 0.25) is 0 Å². The van der Waals surface area contributed by atoms with Crippen molar-refractivity contribution in [1.29, 1.82) is 0 Å². The number of aryl methyl sites for hydroxylation is 2. The largest absolute Gasteiger partial charge is 0.489 e. The Balaban J connectivity index is 1.50. The molecule has 3 aromatic rings. The number of ether oxygens (including phenoxy) is 1. The molecule has 2 aliphatic rings. The summed E-state index contributed by atoms with van der Waals surface area (Å²) < 4.78 is 7.82. The Kier molecular flexibility index (Phi) is 7.07. The highest BCUT2D eigenvalue weighted by atomic mass is 16.5. The summed E-state index contributed by atoms with van der Waals surface area (Å²) in [5, 5.41) is 24.8. The Hall–Kier alpha value is -4.66. The fourth-order valence-electron chi connectivity index (χ4n) is 5.85. The molecule has 41 heavy (non-hydrogen) atoms. The number of hydrogen-bond donors (Lipinski definition) is 3. The number of benzene rings is 2. The standard InChI is InChI=1S/C32H33N3O6/c1-17-12-13-32(31(39)40,15-23(17)30(37)38)25-7-5-6-22(20-8-9-20)24(25)16-41-26-11-10-21(14-18(26)2)27-19(3)28(29(33)36)35(4)34-27/h5-7,10-14,20H,8-9,15-16H2,1-4H3,(H2,33,36)(H,37,38)(H,39,40). The maximum Gasteiger partial charge on any atom is 0.331 e. The summed E-state index contributed by atoms with van der Waals surface area (Å²) in [4.78, 5) is 36.7. The molecule has 1 atom stereocenters. The van der Waals surface area contributed by atoms with Gasteiger partial charge in [0.05, 0.1) is 5.69 Å². The Morgan fingerprint density at radius 1 is 1.12 bits per heavy atom. The molecule has 2 aliphatic carbocycles. The van der Waals surface area contributed by atoms with Gasteiger partial charge < -0.3 is 20.7 Å². The first kappa shape index (κ1) is 27.9. The van der Waals surface area contributed by atoms with Crippen LogP contribution in [0.5, 0.6) is 5.75 Å². The minimum absolute atomic E-state index is 0.0920. The SMILES string of the molecule is CC1=C(C(=O)O)CC(C(=O)O)(c2cccc(C3CC3)c2COc2ccc(-c3nn(C)c(C(N)=O)c3C)cc2C)C=C1. The second kappa shape index (κ2) is 10.4. The van der Waals surface area contributed by atoms with Gasteiger partial charge >= 0.3 is 11.9 Å². The van der Waals surface area contributed by atoms with E-state index in [0.29, 0.717) is 39.8 Å². The lowest BCUT2D eigenvalue weighted by molar-refractivity contribution is -0.142. The van der Waals surface area contributed by atoms with Gasteiger partial charge in [-0.3, -0.25) is 14.3 Å². The van der Waals surface area contributed by atoms with E-state index >= 15 is 0 Å². The average Bonchev–Trinajstić information content (AvgIpc) is 3.71. The number of aliphatic carboxylic acids is 2. The van der Waals surface area contributed by atoms with Crippen molar-refractivity contribution >= 4 is 17.8 Å². The van der Waals surface area contributed by atoms with E-state index in [9.17, 15) is 24.6 Å². The van der Waals surface area contributed by atoms with Crippen molar-refractivity contribution in [3.05, 3.63) is 93.2 Å². The van der Waals surface area contributed by atoms with Crippen LogP contribution in [0.25, 0.3) is 11.3 Å². The Bertz CT molecular complexity index is 1660. The molecule has 2 aromatic carbocycles. The first-order valence-electron chi connectivity index (χ1n) is 13.5. The number of primary amides is 1. The van der Waals surface area contributed by atoms with Crippen LogP contribution in [0, 0.1) is 13.8 Å². The summed E-state index contributed by atoms with van der Waals surface area (Å²) >= 11 is 0. The van der Waals surface area contributed by atoms with E-state index in [1.165, 1.54) is 4.68 Å². The van der Waals surface area contributed by atoms with Crippen LogP contribution in [-0.4, -0.2) is 37.8 Å². The van der Waals surface area contributed by atoms with E-state index in [1.54, 1.807) is 32.2 Å². The van der Waals surface area contributed by atoms with Crippen LogP contribution in [-0.2, 0) is 28.7 Å². The van der Waals surface area contributed by atoms with Gasteiger partial charge in [-0.2, -0.15) is 5.10 Å². The maximum absolute atomic E-state index is 12.9. The summed E-state index contributed by atoms with van der Waals surface area (Å²) in [6, 6.07) is 11.3. The molecule has 1 heterocycles. The van der Waals surface area contributed by atoms with Gasteiger partial charge in [-0.15, -0.1) is 0 Å². The molecular formula is C32H33N3O6. The zero-order valence-corrected chi connectivity index (χ0v) is 23.5. The number of aromatic nitrogens is 2. The van der Waals surface area contributed by atoms with Crippen LogP contribution in [0.2, 0.25) is 0 Å². The smallest absolute Gasteiger partial charge is 0.331 e. The third kappa shape index (κ3) is 4.92. The first-order chi connectivity index (χ1) is 19.4. The molecule has 1 unspecified atom stereocenters. The molecular weight excluding hydrogens is 522 g/mol. The van der Waals surface area contributed by atoms with E-state index in [2.05, 4.69) is 5.10 Å². The Labute approximate surface area is 237 Å². The zero-order valence-electron chi connectivity index (χ0n) is 23.5. The number of carboxylic acid groups (broad SMARTS) is 2. The van der Waals surface area contributed by atoms with Gasteiger partial charge in [0, 0.05) is 30.2 Å². The second-order valence-corrected chi connectivity index (χ2v) is 11.0. The van der Waals surface area contributed by atoms with E-state index in [0.717, 1.165) is 35.1 Å². The lowest BCUT2D eigenvalue weighted by Gasteiger charge is -2.33. The van der Waals surface area contributed by atoms with Crippen molar-refractivity contribution in [2.75, 3.05) is 0 Å². The van der Waals surface area contributed by atoms with Crippen molar-refractivity contribution in [3.8, 4) is 17.0 Å². The van der Waals surface area contributed by atoms with E-state index in [4.69, 9.17) is 10.5 Å². The zero-order chi connectivity index (χ0) is 29.6. The molecule has 1 amide bonds. The number of carbonyl (C=O) groups excluding carboxylic acids is 1. The summed E-state index contributed by atoms with van der Waals surface area (Å²) in [5.41, 5.74) is 10.4. The molecule has 0 bridgehead atoms. The average molecular weight is 556 g/mol. The molecule has 0 saturated heterocycles. The number of carbonyl (C=O) groups is 3. The van der Waals surface area contributed by atoms with Gasteiger partial charge in [0.25, 0.3) is 5.91 Å². The van der Waals surface area contributed by atoms with Crippen LogP contribution in [0.1, 0.15) is 70.4 Å². The number of hydrogen-bond acceptors (Lipinski definition) is 5. The van der Waals surface area contributed by atoms with Crippen LogP contribution in [0.3, 0.4) is 0 Å². The number of rotatable bonds is 9. The summed E-state index contributed by atoms with van der Waals surface area (Å²) in [6.45, 7) is 5.53. The number of amides is 1. The highest BCUT2D eigenvalue weighted by molar-refractivity contribution is 5.95. The van der Waals surface area contributed by atoms with E-state index in [1.807, 2.05) is 44.2 Å². The predicted molar refractivity (Wildman–Crippen MR) is 153 cm³/mol. The van der Waals surface area contributed by atoms with Crippen LogP contribution in [0.4, 0.5) is 0 Å². The van der Waals surface area contributed by atoms with Gasteiger partial charge in [-0.25, -0.2) is 4.79 Å². The molecule has 212 valence electrons. The van der Waals surface area contributed by atoms with Crippen molar-refractivity contribution < 1.29 is 29.3 Å². The van der Waals surface area contributed by atoms with Gasteiger partial charge in [0.15, 0.2) is 0 Å². The minimum atomic E-state index is -1.52. The van der Waals surface area contributed by atoms with Crippen molar-refractivity contribution in [2.24, 2.45) is 12.8 Å². The summed E-state index contributed by atoms with van der Waals surface area (Å²) in [7, 11) is 1.68. The van der Waals surface area contributed by atoms with Crippen molar-refractivity contribution in [1.82, 2.24) is 9.78 Å². The van der Waals surface area contributed by atoms with E-state index in [-0.39, 0.29) is 18.6 Å². The molecule has 9 heteroatoms. The minimum Gasteiger partial charge on any atom is -0.489 e. The van der Waals surface area contributed by atoms with Crippen LogP contribution >= 0.6 is 0 Å². The summed E-state index contributed by atoms with van der Waals surface area (Å²) in [5.74, 6) is -1.82. The lowest BCUT2D eigenvalue weighted by Crippen LogP contribution is -2.38. The molecule has 1 fully saturated rings.